The van der Waals surface area contributed by atoms with Crippen LogP contribution in [0.1, 0.15) is 28.5 Å². The number of carbonyl (C=O) groups is 2. The van der Waals surface area contributed by atoms with Crippen LogP contribution in [0.3, 0.4) is 0 Å². The van der Waals surface area contributed by atoms with E-state index in [9.17, 15) is 9.59 Å². The van der Waals surface area contributed by atoms with E-state index in [0.717, 1.165) is 16.9 Å². The van der Waals surface area contributed by atoms with Gasteiger partial charge in [0, 0.05) is 25.5 Å². The van der Waals surface area contributed by atoms with Crippen LogP contribution in [0.5, 0.6) is 0 Å². The van der Waals surface area contributed by atoms with Gasteiger partial charge in [0.25, 0.3) is 0 Å². The van der Waals surface area contributed by atoms with Crippen LogP contribution in [0.15, 0.2) is 60.7 Å². The molecule has 3 aromatic rings. The number of anilines is 1. The SMILES string of the molecule is CCOC(=O)c1c(N[C@@H](Cc2ccccc2)C(=O)OC)s[n+](-c2ccccc2)c1C. The van der Waals surface area contributed by atoms with E-state index in [4.69, 9.17) is 9.47 Å². The van der Waals surface area contributed by atoms with Gasteiger partial charge in [0.15, 0.2) is 22.1 Å². The molecule has 3 rings (SSSR count). The number of hydrogen-bond donors (Lipinski definition) is 1. The molecule has 1 atom stereocenters. The summed E-state index contributed by atoms with van der Waals surface area (Å²) in [6.45, 7) is 3.90. The van der Waals surface area contributed by atoms with Crippen LogP contribution in [0.2, 0.25) is 0 Å². The van der Waals surface area contributed by atoms with Crippen LogP contribution in [0.25, 0.3) is 5.69 Å². The first-order valence-electron chi connectivity index (χ1n) is 9.71. The molecule has 0 saturated carbocycles. The maximum absolute atomic E-state index is 12.7. The van der Waals surface area contributed by atoms with E-state index < -0.39 is 18.0 Å². The van der Waals surface area contributed by atoms with Crippen molar-refractivity contribution in [3.05, 3.63) is 77.5 Å². The molecular weight excluding hydrogens is 400 g/mol. The molecule has 1 heterocycles. The van der Waals surface area contributed by atoms with E-state index in [-0.39, 0.29) is 6.61 Å². The van der Waals surface area contributed by atoms with Gasteiger partial charge >= 0.3 is 11.9 Å². The number of carbonyl (C=O) groups excluding carboxylic acids is 2. The highest BCUT2D eigenvalue weighted by Gasteiger charge is 2.33. The summed E-state index contributed by atoms with van der Waals surface area (Å²) in [6.07, 6.45) is 0.429. The average Bonchev–Trinajstić information content (AvgIpc) is 3.10. The van der Waals surface area contributed by atoms with Crippen molar-refractivity contribution in [1.29, 1.82) is 0 Å². The van der Waals surface area contributed by atoms with Crippen molar-refractivity contribution in [3.8, 4) is 5.69 Å². The minimum absolute atomic E-state index is 0.267. The maximum Gasteiger partial charge on any atom is 0.347 e. The van der Waals surface area contributed by atoms with Gasteiger partial charge in [-0.05, 0) is 12.5 Å². The number of ether oxygens (including phenoxy) is 2. The highest BCUT2D eigenvalue weighted by molar-refractivity contribution is 7.07. The summed E-state index contributed by atoms with van der Waals surface area (Å²) < 4.78 is 12.2. The van der Waals surface area contributed by atoms with Gasteiger partial charge in [-0.15, -0.1) is 0 Å². The van der Waals surface area contributed by atoms with Gasteiger partial charge in [0.2, 0.25) is 11.4 Å². The van der Waals surface area contributed by atoms with Crippen molar-refractivity contribution in [2.45, 2.75) is 26.3 Å². The predicted octanol–water partition coefficient (Wildman–Crippen LogP) is 3.71. The third-order valence-corrected chi connectivity index (χ3v) is 5.79. The van der Waals surface area contributed by atoms with Crippen molar-refractivity contribution in [1.82, 2.24) is 0 Å². The minimum Gasteiger partial charge on any atom is -0.467 e. The van der Waals surface area contributed by atoms with Gasteiger partial charge in [0.1, 0.15) is 6.04 Å². The highest BCUT2D eigenvalue weighted by atomic mass is 32.1. The molecule has 0 bridgehead atoms. The molecule has 0 amide bonds. The molecule has 30 heavy (non-hydrogen) atoms. The zero-order valence-corrected chi connectivity index (χ0v) is 18.1. The standard InChI is InChI=1S/C23H24N2O4S/c1-4-29-23(27)20-16(2)25(18-13-9-6-10-14-18)30-21(20)24-19(22(26)28-3)15-17-11-7-5-8-12-17/h5-14,19H,4,15H2,1-3H3/p+1/t19-/m0/s1. The Morgan fingerprint density at radius 3 is 2.30 bits per heavy atom. The number of nitrogens with one attached hydrogen (secondary N) is 1. The summed E-state index contributed by atoms with van der Waals surface area (Å²) in [5, 5.41) is 3.81. The van der Waals surface area contributed by atoms with Gasteiger partial charge < -0.3 is 14.8 Å². The molecule has 0 saturated heterocycles. The lowest BCUT2D eigenvalue weighted by atomic mass is 10.1. The zero-order valence-electron chi connectivity index (χ0n) is 17.3. The Bertz CT molecular complexity index is 1000. The molecule has 6 nitrogen and oxygen atoms in total. The average molecular weight is 426 g/mol. The van der Waals surface area contributed by atoms with E-state index in [1.165, 1.54) is 18.6 Å². The fraction of sp³-hybridized carbons (Fsp3) is 0.261. The molecule has 1 N–H and O–H groups in total. The molecule has 0 unspecified atom stereocenters. The van der Waals surface area contributed by atoms with E-state index in [2.05, 4.69) is 5.32 Å². The molecule has 0 fully saturated rings. The topological polar surface area (TPSA) is 68.5 Å². The predicted molar refractivity (Wildman–Crippen MR) is 116 cm³/mol. The molecule has 1 aromatic heterocycles. The van der Waals surface area contributed by atoms with Gasteiger partial charge in [0.05, 0.1) is 13.7 Å². The Hall–Kier alpha value is -3.19. The van der Waals surface area contributed by atoms with Crippen LogP contribution in [-0.2, 0) is 20.7 Å². The van der Waals surface area contributed by atoms with Crippen molar-refractivity contribution >= 4 is 28.5 Å². The maximum atomic E-state index is 12.7. The minimum atomic E-state index is -0.646. The Labute approximate surface area is 180 Å². The van der Waals surface area contributed by atoms with Crippen LogP contribution >= 0.6 is 11.5 Å². The van der Waals surface area contributed by atoms with Gasteiger partial charge in [-0.3, -0.25) is 0 Å². The third-order valence-electron chi connectivity index (χ3n) is 4.62. The highest BCUT2D eigenvalue weighted by Crippen LogP contribution is 2.27. The second-order valence-corrected chi connectivity index (χ2v) is 7.60. The third kappa shape index (κ3) is 4.86. The van der Waals surface area contributed by atoms with Crippen molar-refractivity contribution in [2.24, 2.45) is 0 Å². The summed E-state index contributed by atoms with van der Waals surface area (Å²) >= 11 is 1.36. The molecule has 0 aliphatic heterocycles. The summed E-state index contributed by atoms with van der Waals surface area (Å²) in [5.41, 5.74) is 3.08. The molecule has 0 aliphatic carbocycles. The Morgan fingerprint density at radius 1 is 1.07 bits per heavy atom. The molecule has 0 radical (unpaired) electrons. The van der Waals surface area contributed by atoms with Gasteiger partial charge in [-0.25, -0.2) is 9.59 Å². The number of hydrogen-bond acceptors (Lipinski definition) is 6. The van der Waals surface area contributed by atoms with Crippen LogP contribution in [0.4, 0.5) is 5.00 Å². The Kier molecular flexibility index (Phi) is 7.19. The summed E-state index contributed by atoms with van der Waals surface area (Å²) in [5.74, 6) is -0.822. The Balaban J connectivity index is 2.01. The summed E-state index contributed by atoms with van der Waals surface area (Å²) in [4.78, 5) is 25.2. The zero-order chi connectivity index (χ0) is 21.5. The first kappa shape index (κ1) is 21.5. The quantitative estimate of drug-likeness (QED) is 0.440. The van der Waals surface area contributed by atoms with Crippen LogP contribution in [0, 0.1) is 6.92 Å². The number of nitrogens with zero attached hydrogens (tertiary/aromatic N) is 1. The lowest BCUT2D eigenvalue weighted by molar-refractivity contribution is -0.527. The number of aromatic nitrogens is 1. The Morgan fingerprint density at radius 2 is 1.70 bits per heavy atom. The van der Waals surface area contributed by atoms with Crippen LogP contribution in [-0.4, -0.2) is 31.7 Å². The van der Waals surface area contributed by atoms with Gasteiger partial charge in [-0.1, -0.05) is 52.5 Å². The second-order valence-electron chi connectivity index (χ2n) is 6.64. The normalized spacial score (nSPS) is 11.6. The fourth-order valence-corrected chi connectivity index (χ4v) is 4.32. The smallest absolute Gasteiger partial charge is 0.347 e. The summed E-state index contributed by atoms with van der Waals surface area (Å²) in [6, 6.07) is 18.8. The number of rotatable bonds is 8. The lowest BCUT2D eigenvalue weighted by Crippen LogP contribution is -2.33. The molecule has 7 heteroatoms. The van der Waals surface area contributed by atoms with E-state index >= 15 is 0 Å². The van der Waals surface area contributed by atoms with E-state index in [0.29, 0.717) is 17.0 Å². The van der Waals surface area contributed by atoms with E-state index in [1.807, 2.05) is 71.5 Å². The molecule has 0 aliphatic rings. The van der Waals surface area contributed by atoms with Crippen LogP contribution < -0.4 is 9.27 Å². The monoisotopic (exact) mass is 425 g/mol. The van der Waals surface area contributed by atoms with Crippen molar-refractivity contribution in [3.63, 3.8) is 0 Å². The second kappa shape index (κ2) is 10.0. The number of esters is 2. The summed E-state index contributed by atoms with van der Waals surface area (Å²) in [7, 11) is 1.36. The molecule has 2 aromatic carbocycles. The molecule has 156 valence electrons. The first-order valence-corrected chi connectivity index (χ1v) is 10.5. The number of methoxy groups -OCH3 is 1. The largest absolute Gasteiger partial charge is 0.467 e. The molecular formula is C23H25N2O4S+. The van der Waals surface area contributed by atoms with Crippen molar-refractivity contribution < 1.29 is 23.0 Å². The fourth-order valence-electron chi connectivity index (χ4n) is 3.17. The number of para-hydroxylation sites is 1. The van der Waals surface area contributed by atoms with E-state index in [1.54, 1.807) is 6.92 Å². The number of benzene rings is 2. The van der Waals surface area contributed by atoms with Gasteiger partial charge in [-0.2, -0.15) is 0 Å². The van der Waals surface area contributed by atoms with Crippen molar-refractivity contribution in [2.75, 3.05) is 19.0 Å². The molecule has 0 spiro atoms. The first-order chi connectivity index (χ1) is 14.5. The lowest BCUT2D eigenvalue weighted by Gasteiger charge is -2.16.